The summed E-state index contributed by atoms with van der Waals surface area (Å²) < 4.78 is 36.0. The lowest BCUT2D eigenvalue weighted by Crippen LogP contribution is -2.31. The van der Waals surface area contributed by atoms with Gasteiger partial charge in [0.25, 0.3) is 5.56 Å². The summed E-state index contributed by atoms with van der Waals surface area (Å²) in [6.07, 6.45) is -1.09. The van der Waals surface area contributed by atoms with Gasteiger partial charge in [0.15, 0.2) is 26.1 Å². The summed E-state index contributed by atoms with van der Waals surface area (Å²) in [5.74, 6) is -2.03. The van der Waals surface area contributed by atoms with Gasteiger partial charge in [-0.2, -0.15) is 5.26 Å². The number of benzene rings is 2. The molecular formula is C21H20F2N2O2Si. The number of aromatic nitrogens is 1. The zero-order valence-electron chi connectivity index (χ0n) is 16.1. The van der Waals surface area contributed by atoms with Gasteiger partial charge in [-0.25, -0.2) is 8.78 Å². The Labute approximate surface area is 162 Å². The van der Waals surface area contributed by atoms with Crippen LogP contribution in [-0.4, -0.2) is 12.9 Å². The first kappa shape index (κ1) is 19.9. The average Bonchev–Trinajstić information content (AvgIpc) is 2.64. The molecule has 0 radical (unpaired) electrons. The molecule has 1 aromatic heterocycles. The van der Waals surface area contributed by atoms with Crippen LogP contribution in [-0.2, 0) is 11.5 Å². The number of nitriles is 1. The molecule has 0 fully saturated rings. The molecule has 1 atom stereocenters. The van der Waals surface area contributed by atoms with Gasteiger partial charge in [-0.1, -0.05) is 30.3 Å². The summed E-state index contributed by atoms with van der Waals surface area (Å²) >= 11 is 0. The summed E-state index contributed by atoms with van der Waals surface area (Å²) in [7, 11) is -0.669. The third-order valence-electron chi connectivity index (χ3n) is 4.41. The summed E-state index contributed by atoms with van der Waals surface area (Å²) in [4.78, 5) is 12.9. The van der Waals surface area contributed by atoms with Gasteiger partial charge < -0.3 is 8.99 Å². The molecule has 7 heteroatoms. The molecule has 0 saturated carbocycles. The van der Waals surface area contributed by atoms with E-state index in [9.17, 15) is 18.8 Å². The number of hydrogen-bond donors (Lipinski definition) is 0. The van der Waals surface area contributed by atoms with E-state index in [1.54, 1.807) is 24.3 Å². The quantitative estimate of drug-likeness (QED) is 0.588. The largest absolute Gasteiger partial charge is 0.398 e. The second-order valence-corrected chi connectivity index (χ2v) is 12.0. The van der Waals surface area contributed by atoms with Crippen LogP contribution >= 0.6 is 0 Å². The van der Waals surface area contributed by atoms with Gasteiger partial charge >= 0.3 is 0 Å². The Hall–Kier alpha value is -2.82. The molecule has 3 rings (SSSR count). The van der Waals surface area contributed by atoms with Gasteiger partial charge in [0.05, 0.1) is 11.8 Å². The molecule has 0 aliphatic rings. The second kappa shape index (κ2) is 7.30. The summed E-state index contributed by atoms with van der Waals surface area (Å²) in [5.41, 5.74) is 0.171. The van der Waals surface area contributed by atoms with E-state index in [0.717, 1.165) is 6.07 Å². The van der Waals surface area contributed by atoms with Gasteiger partial charge in [0.1, 0.15) is 0 Å². The highest BCUT2D eigenvalue weighted by Crippen LogP contribution is 2.37. The van der Waals surface area contributed by atoms with Crippen LogP contribution in [0.4, 0.5) is 8.78 Å². The molecule has 144 valence electrons. The van der Waals surface area contributed by atoms with Crippen molar-refractivity contribution in [2.24, 2.45) is 7.05 Å². The summed E-state index contributed by atoms with van der Waals surface area (Å²) in [6, 6.07) is 12.7. The van der Waals surface area contributed by atoms with E-state index in [4.69, 9.17) is 4.43 Å². The van der Waals surface area contributed by atoms with E-state index in [1.807, 2.05) is 19.6 Å². The number of halogens is 2. The fourth-order valence-electron chi connectivity index (χ4n) is 3.27. The standard InChI is InChI=1S/C21H20F2N2O2Si/c1-25-20(17(12-24)27-28(2,3)4)18(15-10-7-11-16(22)19(15)23)13-8-5-6-9-14(13)21(25)26/h5-11,17H,1-4H3. The molecule has 0 spiro atoms. The molecule has 0 aliphatic carbocycles. The van der Waals surface area contributed by atoms with Crippen LogP contribution in [0.3, 0.4) is 0 Å². The third-order valence-corrected chi connectivity index (χ3v) is 5.35. The summed E-state index contributed by atoms with van der Waals surface area (Å²) in [5, 5.41) is 10.6. The first-order valence-corrected chi connectivity index (χ1v) is 12.2. The number of fused-ring (bicyclic) bond motifs is 1. The zero-order valence-corrected chi connectivity index (χ0v) is 17.1. The molecule has 0 amide bonds. The van der Waals surface area contributed by atoms with Crippen molar-refractivity contribution in [3.8, 4) is 17.2 Å². The Bertz CT molecular complexity index is 1160. The SMILES string of the molecule is Cn1c(C(C#N)O[Si](C)(C)C)c(-c2cccc(F)c2F)c2ccccc2c1=O. The van der Waals surface area contributed by atoms with Gasteiger partial charge in [-0.3, -0.25) is 4.79 Å². The Balaban J connectivity index is 2.50. The number of hydrogen-bond acceptors (Lipinski definition) is 3. The average molecular weight is 398 g/mol. The highest BCUT2D eigenvalue weighted by molar-refractivity contribution is 6.69. The van der Waals surface area contributed by atoms with Crippen molar-refractivity contribution in [2.75, 3.05) is 0 Å². The van der Waals surface area contributed by atoms with Crippen LogP contribution in [0.15, 0.2) is 47.3 Å². The van der Waals surface area contributed by atoms with Crippen molar-refractivity contribution in [2.45, 2.75) is 25.7 Å². The van der Waals surface area contributed by atoms with Gasteiger partial charge in [-0.05, 0) is 37.2 Å². The van der Waals surface area contributed by atoms with Crippen LogP contribution in [0.5, 0.6) is 0 Å². The molecule has 0 bridgehead atoms. The minimum Gasteiger partial charge on any atom is -0.398 e. The normalized spacial score (nSPS) is 12.8. The Morgan fingerprint density at radius 2 is 1.71 bits per heavy atom. The van der Waals surface area contributed by atoms with Gasteiger partial charge in [0.2, 0.25) is 0 Å². The number of nitrogens with zero attached hydrogens (tertiary/aromatic N) is 2. The predicted octanol–water partition coefficient (Wildman–Crippen LogP) is 4.90. The predicted molar refractivity (Wildman–Crippen MR) is 107 cm³/mol. The maximum Gasteiger partial charge on any atom is 0.258 e. The van der Waals surface area contributed by atoms with E-state index in [-0.39, 0.29) is 16.8 Å². The monoisotopic (exact) mass is 398 g/mol. The maximum absolute atomic E-state index is 14.8. The maximum atomic E-state index is 14.8. The van der Waals surface area contributed by atoms with Crippen LogP contribution in [0.25, 0.3) is 21.9 Å². The molecule has 2 aromatic carbocycles. The first-order valence-electron chi connectivity index (χ1n) is 8.79. The molecule has 1 heterocycles. The Kier molecular flexibility index (Phi) is 5.20. The molecule has 0 aliphatic heterocycles. The fraction of sp³-hybridized carbons (Fsp3) is 0.238. The van der Waals surface area contributed by atoms with Crippen molar-refractivity contribution >= 4 is 19.1 Å². The molecule has 3 aromatic rings. The van der Waals surface area contributed by atoms with Crippen LogP contribution < -0.4 is 5.56 Å². The molecule has 28 heavy (non-hydrogen) atoms. The van der Waals surface area contributed by atoms with E-state index in [1.165, 1.54) is 23.7 Å². The molecule has 0 saturated heterocycles. The smallest absolute Gasteiger partial charge is 0.258 e. The van der Waals surface area contributed by atoms with Crippen LogP contribution in [0.1, 0.15) is 11.8 Å². The number of pyridine rings is 1. The van der Waals surface area contributed by atoms with E-state index < -0.39 is 26.1 Å². The first-order chi connectivity index (χ1) is 13.2. The lowest BCUT2D eigenvalue weighted by molar-refractivity contribution is 0.245. The zero-order chi connectivity index (χ0) is 20.6. The van der Waals surface area contributed by atoms with E-state index >= 15 is 0 Å². The molecule has 4 nitrogen and oxygen atoms in total. The van der Waals surface area contributed by atoms with Crippen LogP contribution in [0.2, 0.25) is 19.6 Å². The molecular weight excluding hydrogens is 378 g/mol. The highest BCUT2D eigenvalue weighted by Gasteiger charge is 2.29. The minimum atomic E-state index is -2.19. The third kappa shape index (κ3) is 3.49. The second-order valence-electron chi connectivity index (χ2n) is 7.51. The van der Waals surface area contributed by atoms with Gasteiger partial charge in [0, 0.05) is 23.6 Å². The molecule has 0 N–H and O–H groups in total. The van der Waals surface area contributed by atoms with Crippen molar-refractivity contribution in [3.05, 3.63) is 70.1 Å². The van der Waals surface area contributed by atoms with E-state index in [0.29, 0.717) is 16.3 Å². The Morgan fingerprint density at radius 1 is 1.07 bits per heavy atom. The topological polar surface area (TPSA) is 55.0 Å². The van der Waals surface area contributed by atoms with E-state index in [2.05, 4.69) is 6.07 Å². The lowest BCUT2D eigenvalue weighted by Gasteiger charge is -2.26. The molecule has 1 unspecified atom stereocenters. The van der Waals surface area contributed by atoms with Gasteiger partial charge in [-0.15, -0.1) is 0 Å². The van der Waals surface area contributed by atoms with Crippen molar-refractivity contribution < 1.29 is 13.2 Å². The van der Waals surface area contributed by atoms with Crippen molar-refractivity contribution in [3.63, 3.8) is 0 Å². The summed E-state index contributed by atoms with van der Waals surface area (Å²) in [6.45, 7) is 5.75. The van der Waals surface area contributed by atoms with Crippen LogP contribution in [0, 0.1) is 23.0 Å². The minimum absolute atomic E-state index is 0.0128. The lowest BCUT2D eigenvalue weighted by atomic mass is 9.94. The Morgan fingerprint density at radius 3 is 2.32 bits per heavy atom. The van der Waals surface area contributed by atoms with Crippen molar-refractivity contribution in [1.29, 1.82) is 5.26 Å². The number of rotatable bonds is 4. The fourth-order valence-corrected chi connectivity index (χ4v) is 4.14. The van der Waals surface area contributed by atoms with Crippen molar-refractivity contribution in [1.82, 2.24) is 4.57 Å². The highest BCUT2D eigenvalue weighted by atomic mass is 28.4.